The smallest absolute Gasteiger partial charge is 0.0181 e. The Labute approximate surface area is 44.9 Å². The van der Waals surface area contributed by atoms with Crippen molar-refractivity contribution in [2.45, 2.75) is 32.2 Å². The summed E-state index contributed by atoms with van der Waals surface area (Å²) in [6.45, 7) is 4.37. The molecule has 0 radical (unpaired) electrons. The first-order valence-corrected chi connectivity index (χ1v) is 2.98. The molecule has 1 aliphatic carbocycles. The zero-order chi connectivity index (χ0) is 5.49. The van der Waals surface area contributed by atoms with Gasteiger partial charge in [-0.3, -0.25) is 0 Å². The second-order valence-electron chi connectivity index (χ2n) is 2.69. The highest BCUT2D eigenvalue weighted by molar-refractivity contribution is 5.03. The fourth-order valence-electron chi connectivity index (χ4n) is 1.00. The van der Waals surface area contributed by atoms with Crippen LogP contribution < -0.4 is 5.73 Å². The molecule has 0 saturated heterocycles. The second-order valence-corrected chi connectivity index (χ2v) is 2.69. The number of hydrogen-bond donors (Lipinski definition) is 1. The average molecular weight is 99.2 g/mol. The van der Waals surface area contributed by atoms with Crippen LogP contribution in [0.5, 0.6) is 0 Å². The molecule has 2 atom stereocenters. The van der Waals surface area contributed by atoms with Crippen molar-refractivity contribution < 1.29 is 0 Å². The summed E-state index contributed by atoms with van der Waals surface area (Å²) in [5.74, 6) is 0.789. The molecule has 1 fully saturated rings. The summed E-state index contributed by atoms with van der Waals surface area (Å²) in [6.07, 6.45) is 2.39. The summed E-state index contributed by atoms with van der Waals surface area (Å²) < 4.78 is 0. The summed E-state index contributed by atoms with van der Waals surface area (Å²) in [5, 5.41) is 0. The maximum Gasteiger partial charge on any atom is 0.0181 e. The molecule has 7 heavy (non-hydrogen) atoms. The molecule has 0 aliphatic heterocycles. The number of nitrogens with two attached hydrogens (primary N) is 1. The van der Waals surface area contributed by atoms with Crippen LogP contribution in [0, 0.1) is 5.92 Å². The molecule has 2 N–H and O–H groups in total. The quantitative estimate of drug-likeness (QED) is 0.524. The normalized spacial score (nSPS) is 49.3. The van der Waals surface area contributed by atoms with Crippen molar-refractivity contribution in [3.05, 3.63) is 0 Å². The van der Waals surface area contributed by atoms with E-state index in [2.05, 4.69) is 13.8 Å². The predicted octanol–water partition coefficient (Wildman–Crippen LogP) is 1.13. The molecule has 1 heteroatoms. The highest BCUT2D eigenvalue weighted by Crippen LogP contribution is 2.42. The van der Waals surface area contributed by atoms with Crippen molar-refractivity contribution in [3.63, 3.8) is 0 Å². The maximum atomic E-state index is 5.79. The van der Waals surface area contributed by atoms with E-state index in [1.54, 1.807) is 0 Å². The lowest BCUT2D eigenvalue weighted by atomic mass is 10.2. The standard InChI is InChI=1S/C6H13N/c1-3-6(7)4-5(6)2/h5H,3-4,7H2,1-2H3/t5?,6-/m0/s1. The maximum absolute atomic E-state index is 5.79. The number of hydrogen-bond acceptors (Lipinski definition) is 1. The van der Waals surface area contributed by atoms with Crippen LogP contribution in [0.15, 0.2) is 0 Å². The first kappa shape index (κ1) is 5.10. The third-order valence-corrected chi connectivity index (χ3v) is 2.17. The van der Waals surface area contributed by atoms with Gasteiger partial charge in [0.2, 0.25) is 0 Å². The van der Waals surface area contributed by atoms with Crippen LogP contribution in [-0.4, -0.2) is 5.54 Å². The molecule has 0 aromatic heterocycles. The number of rotatable bonds is 1. The van der Waals surface area contributed by atoms with E-state index in [1.807, 2.05) is 0 Å². The largest absolute Gasteiger partial charge is 0.325 e. The molecule has 1 unspecified atom stereocenters. The first-order valence-electron chi connectivity index (χ1n) is 2.98. The molecule has 1 aliphatic rings. The molecule has 1 rings (SSSR count). The molecule has 0 aromatic rings. The Balaban J connectivity index is 2.36. The van der Waals surface area contributed by atoms with E-state index in [1.165, 1.54) is 6.42 Å². The molecule has 1 nitrogen and oxygen atoms in total. The summed E-state index contributed by atoms with van der Waals surface area (Å²) in [5.41, 5.74) is 6.04. The summed E-state index contributed by atoms with van der Waals surface area (Å²) in [6, 6.07) is 0. The van der Waals surface area contributed by atoms with Gasteiger partial charge >= 0.3 is 0 Å². The van der Waals surface area contributed by atoms with Crippen LogP contribution in [0.4, 0.5) is 0 Å². The molecule has 42 valence electrons. The minimum atomic E-state index is 0.250. The molecule has 0 heterocycles. The zero-order valence-electron chi connectivity index (χ0n) is 5.07. The first-order chi connectivity index (χ1) is 3.19. The zero-order valence-corrected chi connectivity index (χ0v) is 5.07. The van der Waals surface area contributed by atoms with E-state index in [0.29, 0.717) is 0 Å². The van der Waals surface area contributed by atoms with Gasteiger partial charge in [-0.2, -0.15) is 0 Å². The Morgan fingerprint density at radius 2 is 2.29 bits per heavy atom. The summed E-state index contributed by atoms with van der Waals surface area (Å²) in [7, 11) is 0. The fraction of sp³-hybridized carbons (Fsp3) is 1.00. The van der Waals surface area contributed by atoms with E-state index in [4.69, 9.17) is 5.73 Å². The highest BCUT2D eigenvalue weighted by Gasteiger charge is 2.45. The summed E-state index contributed by atoms with van der Waals surface area (Å²) in [4.78, 5) is 0. The Morgan fingerprint density at radius 3 is 2.29 bits per heavy atom. The third-order valence-electron chi connectivity index (χ3n) is 2.17. The van der Waals surface area contributed by atoms with Gasteiger partial charge in [-0.15, -0.1) is 0 Å². The van der Waals surface area contributed by atoms with Crippen molar-refractivity contribution in [2.24, 2.45) is 11.7 Å². The molecule has 0 aromatic carbocycles. The molecule has 0 amide bonds. The van der Waals surface area contributed by atoms with Crippen molar-refractivity contribution in [2.75, 3.05) is 0 Å². The Hall–Kier alpha value is -0.0400. The fourth-order valence-corrected chi connectivity index (χ4v) is 1.00. The van der Waals surface area contributed by atoms with Crippen molar-refractivity contribution in [1.29, 1.82) is 0 Å². The Bertz CT molecular complexity index is 76.2. The molecular formula is C6H13N. The summed E-state index contributed by atoms with van der Waals surface area (Å²) >= 11 is 0. The van der Waals surface area contributed by atoms with E-state index >= 15 is 0 Å². The Morgan fingerprint density at radius 1 is 1.86 bits per heavy atom. The molecule has 0 bridgehead atoms. The van der Waals surface area contributed by atoms with Gasteiger partial charge in [-0.05, 0) is 18.8 Å². The highest BCUT2D eigenvalue weighted by atomic mass is 14.8. The van der Waals surface area contributed by atoms with Crippen LogP contribution in [0.2, 0.25) is 0 Å². The van der Waals surface area contributed by atoms with E-state index < -0.39 is 0 Å². The van der Waals surface area contributed by atoms with Gasteiger partial charge in [0.05, 0.1) is 0 Å². The van der Waals surface area contributed by atoms with Gasteiger partial charge in [-0.1, -0.05) is 13.8 Å². The van der Waals surface area contributed by atoms with Crippen LogP contribution in [0.25, 0.3) is 0 Å². The van der Waals surface area contributed by atoms with E-state index in [0.717, 1.165) is 12.3 Å². The third kappa shape index (κ3) is 0.653. The van der Waals surface area contributed by atoms with Crippen molar-refractivity contribution in [3.8, 4) is 0 Å². The molecular weight excluding hydrogens is 86.1 g/mol. The lowest BCUT2D eigenvalue weighted by molar-refractivity contribution is 0.597. The van der Waals surface area contributed by atoms with Gasteiger partial charge < -0.3 is 5.73 Å². The predicted molar refractivity (Wildman–Crippen MR) is 31.0 cm³/mol. The van der Waals surface area contributed by atoms with Gasteiger partial charge in [0, 0.05) is 5.54 Å². The Kier molecular flexibility index (Phi) is 0.890. The SMILES string of the molecule is CC[C@]1(N)CC1C. The molecule has 1 saturated carbocycles. The van der Waals surface area contributed by atoms with E-state index in [-0.39, 0.29) is 5.54 Å². The molecule has 0 spiro atoms. The van der Waals surface area contributed by atoms with E-state index in [9.17, 15) is 0 Å². The second kappa shape index (κ2) is 1.22. The topological polar surface area (TPSA) is 26.0 Å². The van der Waals surface area contributed by atoms with Crippen molar-refractivity contribution in [1.82, 2.24) is 0 Å². The average Bonchev–Trinajstić information content (AvgIpc) is 2.18. The van der Waals surface area contributed by atoms with Gasteiger partial charge in [0.1, 0.15) is 0 Å². The van der Waals surface area contributed by atoms with Crippen LogP contribution in [0.3, 0.4) is 0 Å². The minimum absolute atomic E-state index is 0.250. The lowest BCUT2D eigenvalue weighted by Crippen LogP contribution is -2.22. The minimum Gasteiger partial charge on any atom is -0.325 e. The van der Waals surface area contributed by atoms with Crippen LogP contribution >= 0.6 is 0 Å². The van der Waals surface area contributed by atoms with Gasteiger partial charge in [-0.25, -0.2) is 0 Å². The van der Waals surface area contributed by atoms with Crippen LogP contribution in [0.1, 0.15) is 26.7 Å². The van der Waals surface area contributed by atoms with Crippen LogP contribution in [-0.2, 0) is 0 Å². The van der Waals surface area contributed by atoms with Gasteiger partial charge in [0.25, 0.3) is 0 Å². The monoisotopic (exact) mass is 99.1 g/mol. The van der Waals surface area contributed by atoms with Gasteiger partial charge in [0.15, 0.2) is 0 Å². The lowest BCUT2D eigenvalue weighted by Gasteiger charge is -2.01. The van der Waals surface area contributed by atoms with Crippen molar-refractivity contribution >= 4 is 0 Å².